The number of piperazine rings is 1. The summed E-state index contributed by atoms with van der Waals surface area (Å²) in [7, 11) is 0. The Labute approximate surface area is 214 Å². The van der Waals surface area contributed by atoms with Gasteiger partial charge >= 0.3 is 11.9 Å². The zero-order valence-electron chi connectivity index (χ0n) is 19.9. The number of carbonyl (C=O) groups is 2. The summed E-state index contributed by atoms with van der Waals surface area (Å²) in [5, 5.41) is 1.81. The summed E-state index contributed by atoms with van der Waals surface area (Å²) in [5.41, 5.74) is 3.50. The van der Waals surface area contributed by atoms with Crippen LogP contribution in [0.2, 0.25) is 5.02 Å². The van der Waals surface area contributed by atoms with E-state index in [4.69, 9.17) is 26.1 Å². The summed E-state index contributed by atoms with van der Waals surface area (Å²) < 4.78 is 11.0. The van der Waals surface area contributed by atoms with Crippen LogP contribution in [0.4, 0.5) is 5.13 Å². The molecule has 186 valence electrons. The second kappa shape index (κ2) is 12.3. The lowest BCUT2D eigenvalue weighted by Crippen LogP contribution is -2.45. The molecule has 0 bridgehead atoms. The fourth-order valence-corrected chi connectivity index (χ4v) is 5.40. The van der Waals surface area contributed by atoms with Gasteiger partial charge in [0.05, 0.1) is 23.4 Å². The van der Waals surface area contributed by atoms with E-state index in [0.717, 1.165) is 59.5 Å². The van der Waals surface area contributed by atoms with Gasteiger partial charge in [0.15, 0.2) is 5.13 Å². The summed E-state index contributed by atoms with van der Waals surface area (Å²) in [5.74, 6) is -1.08. The number of ether oxygens (including phenoxy) is 2. The van der Waals surface area contributed by atoms with Gasteiger partial charge in [0.2, 0.25) is 0 Å². The van der Waals surface area contributed by atoms with Gasteiger partial charge in [-0.3, -0.25) is 14.5 Å². The molecule has 0 aliphatic carbocycles. The normalized spacial score (nSPS) is 14.3. The van der Waals surface area contributed by atoms with Crippen molar-refractivity contribution in [3.05, 3.63) is 58.6 Å². The van der Waals surface area contributed by atoms with Crippen LogP contribution >= 0.6 is 22.9 Å². The molecule has 0 spiro atoms. The summed E-state index contributed by atoms with van der Waals surface area (Å²) in [6.07, 6.45) is 1.20. The van der Waals surface area contributed by atoms with E-state index < -0.39 is 11.9 Å². The number of hydrogen-bond donors (Lipinski definition) is 0. The maximum Gasteiger partial charge on any atom is 0.317 e. The molecule has 3 aromatic rings. The number of carbonyl (C=O) groups excluding carboxylic acids is 2. The predicted octanol–water partition coefficient (Wildman–Crippen LogP) is 4.70. The molecule has 35 heavy (non-hydrogen) atoms. The van der Waals surface area contributed by atoms with E-state index in [2.05, 4.69) is 34.1 Å². The number of halogens is 1. The van der Waals surface area contributed by atoms with Gasteiger partial charge in [0.1, 0.15) is 6.42 Å². The fourth-order valence-electron chi connectivity index (χ4n) is 4.10. The Hall–Kier alpha value is -2.68. The molecular formula is C26H30ClN3O4S. The smallest absolute Gasteiger partial charge is 0.317 e. The van der Waals surface area contributed by atoms with Gasteiger partial charge in [0.25, 0.3) is 0 Å². The molecule has 0 radical (unpaired) electrons. The summed E-state index contributed by atoms with van der Waals surface area (Å²) in [4.78, 5) is 32.6. The highest BCUT2D eigenvalue weighted by Crippen LogP contribution is 2.31. The molecule has 1 saturated heterocycles. The maximum atomic E-state index is 11.6. The molecule has 2 heterocycles. The number of hydrogen-bond acceptors (Lipinski definition) is 8. The van der Waals surface area contributed by atoms with Crippen LogP contribution in [0.15, 0.2) is 42.5 Å². The molecule has 1 aromatic heterocycles. The first-order valence-corrected chi connectivity index (χ1v) is 13.1. The van der Waals surface area contributed by atoms with Crippen LogP contribution in [0, 0.1) is 0 Å². The number of esters is 2. The molecule has 1 aliphatic rings. The van der Waals surface area contributed by atoms with E-state index in [-0.39, 0.29) is 13.0 Å². The minimum atomic E-state index is -0.545. The predicted molar refractivity (Wildman–Crippen MR) is 139 cm³/mol. The van der Waals surface area contributed by atoms with Gasteiger partial charge in [-0.15, -0.1) is 0 Å². The van der Waals surface area contributed by atoms with E-state index >= 15 is 0 Å². The Bertz CT molecular complexity index is 1160. The van der Waals surface area contributed by atoms with Crippen molar-refractivity contribution in [2.45, 2.75) is 32.7 Å². The zero-order valence-corrected chi connectivity index (χ0v) is 21.4. The Morgan fingerprint density at radius 3 is 2.60 bits per heavy atom. The lowest BCUT2D eigenvalue weighted by atomic mass is 10.1. The third-order valence-corrected chi connectivity index (χ3v) is 7.16. The van der Waals surface area contributed by atoms with Crippen LogP contribution in [0.1, 0.15) is 30.9 Å². The maximum absolute atomic E-state index is 11.6. The first kappa shape index (κ1) is 25.4. The number of rotatable bonds is 10. The Kier molecular flexibility index (Phi) is 8.95. The summed E-state index contributed by atoms with van der Waals surface area (Å²) >= 11 is 7.82. The lowest BCUT2D eigenvalue weighted by molar-refractivity contribution is -0.154. The van der Waals surface area contributed by atoms with E-state index in [9.17, 15) is 9.59 Å². The van der Waals surface area contributed by atoms with Crippen molar-refractivity contribution in [1.29, 1.82) is 0 Å². The Morgan fingerprint density at radius 2 is 1.80 bits per heavy atom. The Morgan fingerprint density at radius 1 is 1.03 bits per heavy atom. The van der Waals surface area contributed by atoms with Crippen LogP contribution in [0.5, 0.6) is 0 Å². The third-order valence-electron chi connectivity index (χ3n) is 5.85. The quantitative estimate of drug-likeness (QED) is 0.220. The SMILES string of the molecule is CCOC(=O)CC(=O)OCCCc1cccc(CN2CCN(c3nc4ccc(Cl)cc4s3)CC2)c1. The van der Waals surface area contributed by atoms with Crippen molar-refractivity contribution in [2.24, 2.45) is 0 Å². The second-order valence-corrected chi connectivity index (χ2v) is 9.94. The van der Waals surface area contributed by atoms with E-state index in [1.807, 2.05) is 18.2 Å². The van der Waals surface area contributed by atoms with Crippen LogP contribution in [0.25, 0.3) is 10.2 Å². The van der Waals surface area contributed by atoms with E-state index in [1.165, 1.54) is 11.1 Å². The minimum Gasteiger partial charge on any atom is -0.466 e. The molecule has 1 fully saturated rings. The molecule has 0 atom stereocenters. The average molecular weight is 516 g/mol. The molecule has 0 amide bonds. The van der Waals surface area contributed by atoms with Crippen molar-refractivity contribution < 1.29 is 19.1 Å². The standard InChI is InChI=1S/C26H30ClN3O4S/c1-2-33-24(31)17-25(32)34-14-4-7-19-5-3-6-20(15-19)18-29-10-12-30(13-11-29)26-28-22-9-8-21(27)16-23(22)35-26/h3,5-6,8-9,15-16H,2,4,7,10-14,17-18H2,1H3. The van der Waals surface area contributed by atoms with Crippen LogP contribution < -0.4 is 4.90 Å². The number of nitrogens with zero attached hydrogens (tertiary/aromatic N) is 3. The highest BCUT2D eigenvalue weighted by atomic mass is 35.5. The van der Waals surface area contributed by atoms with Crippen LogP contribution in [-0.2, 0) is 32.0 Å². The van der Waals surface area contributed by atoms with Crippen molar-refractivity contribution >= 4 is 50.2 Å². The number of aromatic nitrogens is 1. The molecule has 2 aromatic carbocycles. The van der Waals surface area contributed by atoms with Gasteiger partial charge in [-0.1, -0.05) is 47.2 Å². The zero-order chi connectivity index (χ0) is 24.6. The molecule has 0 saturated carbocycles. The highest BCUT2D eigenvalue weighted by Gasteiger charge is 2.20. The monoisotopic (exact) mass is 515 g/mol. The molecule has 7 nitrogen and oxygen atoms in total. The lowest BCUT2D eigenvalue weighted by Gasteiger charge is -2.34. The third kappa shape index (κ3) is 7.40. The Balaban J connectivity index is 1.20. The van der Waals surface area contributed by atoms with Crippen LogP contribution in [-0.4, -0.2) is 61.2 Å². The fraction of sp³-hybridized carbons (Fsp3) is 0.423. The first-order chi connectivity index (χ1) is 17.0. The molecule has 4 rings (SSSR count). The number of thiazole rings is 1. The molecule has 9 heteroatoms. The molecular weight excluding hydrogens is 486 g/mol. The van der Waals surface area contributed by atoms with Gasteiger partial charge < -0.3 is 14.4 Å². The average Bonchev–Trinajstić information content (AvgIpc) is 3.26. The topological polar surface area (TPSA) is 72.0 Å². The van der Waals surface area contributed by atoms with Crippen molar-refractivity contribution in [2.75, 3.05) is 44.3 Å². The van der Waals surface area contributed by atoms with Gasteiger partial charge in [-0.05, 0) is 49.1 Å². The van der Waals surface area contributed by atoms with Crippen LogP contribution in [0.3, 0.4) is 0 Å². The molecule has 0 unspecified atom stereocenters. The molecule has 0 N–H and O–H groups in total. The number of aryl methyl sites for hydroxylation is 1. The van der Waals surface area contributed by atoms with Crippen molar-refractivity contribution in [3.63, 3.8) is 0 Å². The summed E-state index contributed by atoms with van der Waals surface area (Å²) in [6.45, 7) is 7.03. The van der Waals surface area contributed by atoms with E-state index in [0.29, 0.717) is 13.0 Å². The summed E-state index contributed by atoms with van der Waals surface area (Å²) in [6, 6.07) is 14.4. The van der Waals surface area contributed by atoms with E-state index in [1.54, 1.807) is 18.3 Å². The van der Waals surface area contributed by atoms with Crippen molar-refractivity contribution in [3.8, 4) is 0 Å². The van der Waals surface area contributed by atoms with Crippen molar-refractivity contribution in [1.82, 2.24) is 9.88 Å². The number of fused-ring (bicyclic) bond motifs is 1. The minimum absolute atomic E-state index is 0.261. The van der Waals surface area contributed by atoms with Gasteiger partial charge in [-0.25, -0.2) is 4.98 Å². The van der Waals surface area contributed by atoms with Gasteiger partial charge in [-0.2, -0.15) is 0 Å². The largest absolute Gasteiger partial charge is 0.466 e. The highest BCUT2D eigenvalue weighted by molar-refractivity contribution is 7.22. The first-order valence-electron chi connectivity index (χ1n) is 11.9. The number of benzene rings is 2. The molecule has 1 aliphatic heterocycles. The second-order valence-electron chi connectivity index (χ2n) is 8.50. The number of anilines is 1. The van der Waals surface area contributed by atoms with Gasteiger partial charge in [0, 0.05) is 37.7 Å².